The fourth-order valence-corrected chi connectivity index (χ4v) is 4.79. The van der Waals surface area contributed by atoms with Gasteiger partial charge in [-0.15, -0.1) is 5.10 Å². The molecule has 3 heterocycles. The normalized spacial score (nSPS) is 12.2. The summed E-state index contributed by atoms with van der Waals surface area (Å²) in [5.74, 6) is 0. The minimum Gasteiger partial charge on any atom is -0.472 e. The Morgan fingerprint density at radius 3 is 2.64 bits per heavy atom. The van der Waals surface area contributed by atoms with Gasteiger partial charge in [-0.2, -0.15) is 13.2 Å². The SMILES string of the molecule is COc1nn2cc(-c3c(CO)n(Cc4ccccc4Cl)c4ccc(C(F)(F)F)cc34)nc2s1. The van der Waals surface area contributed by atoms with Crippen molar-refractivity contribution in [2.45, 2.75) is 19.3 Å². The molecule has 0 radical (unpaired) electrons. The van der Waals surface area contributed by atoms with Gasteiger partial charge >= 0.3 is 6.18 Å². The van der Waals surface area contributed by atoms with E-state index in [0.717, 1.165) is 17.7 Å². The predicted octanol–water partition coefficient (Wildman–Crippen LogP) is 5.63. The zero-order chi connectivity index (χ0) is 23.3. The van der Waals surface area contributed by atoms with Gasteiger partial charge < -0.3 is 14.4 Å². The highest BCUT2D eigenvalue weighted by Gasteiger charge is 2.32. The van der Waals surface area contributed by atoms with Crippen molar-refractivity contribution < 1.29 is 23.0 Å². The number of ether oxygens (including phenoxy) is 1. The van der Waals surface area contributed by atoms with Crippen LogP contribution in [-0.2, 0) is 19.3 Å². The van der Waals surface area contributed by atoms with Gasteiger partial charge in [-0.1, -0.05) is 29.8 Å². The summed E-state index contributed by atoms with van der Waals surface area (Å²) in [6.07, 6.45) is -2.90. The standard InChI is InChI=1S/C22H16ClF3N4O2S/c1-32-21-28-30-10-16(27-20(30)33-21)19-14-8-13(22(24,25)26)6-7-17(14)29(18(19)11-31)9-12-4-2-3-5-15(12)23/h2-8,10,31H,9,11H2,1H3. The first kappa shape index (κ1) is 21.7. The molecule has 0 saturated carbocycles. The summed E-state index contributed by atoms with van der Waals surface area (Å²) in [6.45, 7) is -0.135. The van der Waals surface area contributed by atoms with Crippen LogP contribution in [0.5, 0.6) is 5.19 Å². The molecule has 0 amide bonds. The second-order valence-corrected chi connectivity index (χ2v) is 8.64. The number of aromatic nitrogens is 4. The molecular formula is C22H16ClF3N4O2S. The van der Waals surface area contributed by atoms with Gasteiger partial charge in [0.15, 0.2) is 0 Å². The van der Waals surface area contributed by atoms with E-state index in [2.05, 4.69) is 10.1 Å². The first-order valence-electron chi connectivity index (χ1n) is 9.77. The van der Waals surface area contributed by atoms with E-state index in [1.165, 1.54) is 29.0 Å². The third-order valence-electron chi connectivity index (χ3n) is 5.39. The summed E-state index contributed by atoms with van der Waals surface area (Å²) in [4.78, 5) is 5.07. The maximum Gasteiger partial charge on any atom is 0.416 e. The van der Waals surface area contributed by atoms with Crippen LogP contribution in [0.1, 0.15) is 16.8 Å². The third-order valence-corrected chi connectivity index (χ3v) is 6.64. The fraction of sp³-hybridized carbons (Fsp3) is 0.182. The van der Waals surface area contributed by atoms with E-state index in [9.17, 15) is 18.3 Å². The Balaban J connectivity index is 1.77. The van der Waals surface area contributed by atoms with E-state index in [0.29, 0.717) is 43.0 Å². The molecule has 0 aliphatic rings. The number of fused-ring (bicyclic) bond motifs is 2. The van der Waals surface area contributed by atoms with Gasteiger partial charge in [0.05, 0.1) is 36.9 Å². The molecule has 0 saturated heterocycles. The molecule has 0 fully saturated rings. The van der Waals surface area contributed by atoms with Gasteiger partial charge in [0.1, 0.15) is 0 Å². The summed E-state index contributed by atoms with van der Waals surface area (Å²) in [7, 11) is 1.49. The molecule has 0 atom stereocenters. The highest BCUT2D eigenvalue weighted by Crippen LogP contribution is 2.40. The predicted molar refractivity (Wildman–Crippen MR) is 120 cm³/mol. The van der Waals surface area contributed by atoms with E-state index >= 15 is 0 Å². The van der Waals surface area contributed by atoms with Crippen molar-refractivity contribution in [2.24, 2.45) is 0 Å². The minimum atomic E-state index is -4.51. The first-order valence-corrected chi connectivity index (χ1v) is 11.0. The first-order chi connectivity index (χ1) is 15.8. The molecule has 2 aromatic carbocycles. The summed E-state index contributed by atoms with van der Waals surface area (Å²) in [6, 6.07) is 10.7. The molecule has 0 bridgehead atoms. The van der Waals surface area contributed by atoms with Crippen molar-refractivity contribution in [1.82, 2.24) is 19.2 Å². The van der Waals surface area contributed by atoms with Crippen LogP contribution >= 0.6 is 22.9 Å². The fourth-order valence-electron chi connectivity index (χ4n) is 3.90. The Bertz CT molecular complexity index is 1460. The topological polar surface area (TPSA) is 64.6 Å². The molecule has 33 heavy (non-hydrogen) atoms. The molecule has 170 valence electrons. The summed E-state index contributed by atoms with van der Waals surface area (Å²) in [5, 5.41) is 15.8. The monoisotopic (exact) mass is 492 g/mol. The zero-order valence-corrected chi connectivity index (χ0v) is 18.7. The molecule has 1 N–H and O–H groups in total. The second-order valence-electron chi connectivity index (χ2n) is 7.31. The minimum absolute atomic E-state index is 0.270. The molecule has 0 aliphatic heterocycles. The smallest absolute Gasteiger partial charge is 0.416 e. The molecule has 5 aromatic rings. The van der Waals surface area contributed by atoms with Gasteiger partial charge in [-0.3, -0.25) is 0 Å². The number of aliphatic hydroxyl groups excluding tert-OH is 1. The van der Waals surface area contributed by atoms with Gasteiger partial charge in [-0.25, -0.2) is 9.50 Å². The number of nitrogens with zero attached hydrogens (tertiary/aromatic N) is 4. The number of alkyl halides is 3. The number of benzene rings is 2. The van der Waals surface area contributed by atoms with E-state index in [1.807, 2.05) is 12.1 Å². The Hall–Kier alpha value is -3.08. The molecule has 0 aliphatic carbocycles. The number of aliphatic hydroxyl groups is 1. The van der Waals surface area contributed by atoms with Gasteiger partial charge in [-0.05, 0) is 41.2 Å². The lowest BCUT2D eigenvalue weighted by Crippen LogP contribution is -2.06. The number of methoxy groups -OCH3 is 1. The number of hydrogen-bond acceptors (Lipinski definition) is 5. The number of rotatable bonds is 5. The molecular weight excluding hydrogens is 477 g/mol. The lowest BCUT2D eigenvalue weighted by molar-refractivity contribution is -0.137. The number of hydrogen-bond donors (Lipinski definition) is 1. The molecule has 6 nitrogen and oxygen atoms in total. The highest BCUT2D eigenvalue weighted by atomic mass is 35.5. The van der Waals surface area contributed by atoms with Crippen molar-refractivity contribution in [3.63, 3.8) is 0 Å². The zero-order valence-electron chi connectivity index (χ0n) is 17.1. The lowest BCUT2D eigenvalue weighted by Gasteiger charge is -2.12. The van der Waals surface area contributed by atoms with E-state index in [-0.39, 0.29) is 6.54 Å². The quantitative estimate of drug-likeness (QED) is 0.345. The van der Waals surface area contributed by atoms with Crippen LogP contribution in [0.25, 0.3) is 27.1 Å². The van der Waals surface area contributed by atoms with Gasteiger partial charge in [0.2, 0.25) is 4.96 Å². The maximum absolute atomic E-state index is 13.5. The van der Waals surface area contributed by atoms with Crippen LogP contribution in [-0.4, -0.2) is 31.4 Å². The van der Waals surface area contributed by atoms with Crippen molar-refractivity contribution >= 4 is 38.8 Å². The summed E-state index contributed by atoms with van der Waals surface area (Å²) in [5.41, 5.74) is 1.78. The Morgan fingerprint density at radius 1 is 1.18 bits per heavy atom. The van der Waals surface area contributed by atoms with Crippen LogP contribution in [0.15, 0.2) is 48.7 Å². The number of imidazole rings is 1. The van der Waals surface area contributed by atoms with E-state index in [1.54, 1.807) is 22.9 Å². The largest absolute Gasteiger partial charge is 0.472 e. The highest BCUT2D eigenvalue weighted by molar-refractivity contribution is 7.18. The third kappa shape index (κ3) is 3.73. The average molecular weight is 493 g/mol. The Kier molecular flexibility index (Phi) is 5.31. The maximum atomic E-state index is 13.5. The lowest BCUT2D eigenvalue weighted by atomic mass is 10.1. The summed E-state index contributed by atoms with van der Waals surface area (Å²) >= 11 is 7.54. The average Bonchev–Trinajstić information content (AvgIpc) is 3.43. The molecule has 11 heteroatoms. The van der Waals surface area contributed by atoms with Gasteiger partial charge in [0, 0.05) is 28.0 Å². The summed E-state index contributed by atoms with van der Waals surface area (Å²) < 4.78 is 49.0. The Labute approximate surface area is 194 Å². The van der Waals surface area contributed by atoms with Crippen LogP contribution in [0, 0.1) is 0 Å². The van der Waals surface area contributed by atoms with Gasteiger partial charge in [0.25, 0.3) is 5.19 Å². The van der Waals surface area contributed by atoms with Crippen molar-refractivity contribution in [3.05, 3.63) is 70.5 Å². The van der Waals surface area contributed by atoms with E-state index < -0.39 is 18.3 Å². The Morgan fingerprint density at radius 2 is 1.97 bits per heavy atom. The van der Waals surface area contributed by atoms with Crippen molar-refractivity contribution in [3.8, 4) is 16.5 Å². The van der Waals surface area contributed by atoms with E-state index in [4.69, 9.17) is 16.3 Å². The van der Waals surface area contributed by atoms with Crippen LogP contribution < -0.4 is 4.74 Å². The molecule has 0 unspecified atom stereocenters. The number of halogens is 4. The van der Waals surface area contributed by atoms with Crippen LogP contribution in [0.2, 0.25) is 5.02 Å². The van der Waals surface area contributed by atoms with Crippen LogP contribution in [0.3, 0.4) is 0 Å². The van der Waals surface area contributed by atoms with Crippen molar-refractivity contribution in [2.75, 3.05) is 7.11 Å². The molecule has 5 rings (SSSR count). The van der Waals surface area contributed by atoms with Crippen molar-refractivity contribution in [1.29, 1.82) is 0 Å². The van der Waals surface area contributed by atoms with Crippen LogP contribution in [0.4, 0.5) is 13.2 Å². The second kappa shape index (κ2) is 8.05. The molecule has 3 aromatic heterocycles. The molecule has 0 spiro atoms.